The van der Waals surface area contributed by atoms with Crippen LogP contribution >= 0.6 is 11.6 Å². The minimum absolute atomic E-state index is 0.179. The van der Waals surface area contributed by atoms with Crippen LogP contribution in [0.15, 0.2) is 18.2 Å². The second-order valence-electron chi connectivity index (χ2n) is 3.49. The van der Waals surface area contributed by atoms with E-state index < -0.39 is 0 Å². The summed E-state index contributed by atoms with van der Waals surface area (Å²) < 4.78 is 10.8. The molecule has 0 aliphatic heterocycles. The van der Waals surface area contributed by atoms with Crippen LogP contribution in [0.3, 0.4) is 0 Å². The first kappa shape index (κ1) is 12.8. The molecule has 0 atom stereocenters. The minimum Gasteiger partial charge on any atom is -0.490 e. The van der Waals surface area contributed by atoms with Gasteiger partial charge in [-0.15, -0.1) is 0 Å². The highest BCUT2D eigenvalue weighted by Gasteiger charge is 2.06. The van der Waals surface area contributed by atoms with E-state index in [2.05, 4.69) is 0 Å². The van der Waals surface area contributed by atoms with Crippen molar-refractivity contribution in [1.29, 1.82) is 5.26 Å². The second kappa shape index (κ2) is 6.37. The van der Waals surface area contributed by atoms with Gasteiger partial charge in [0.15, 0.2) is 0 Å². The van der Waals surface area contributed by atoms with Crippen LogP contribution in [0.1, 0.15) is 19.4 Å². The number of benzene rings is 1. The Morgan fingerprint density at radius 1 is 1.38 bits per heavy atom. The average molecular weight is 240 g/mol. The van der Waals surface area contributed by atoms with Crippen LogP contribution in [0.4, 0.5) is 0 Å². The zero-order chi connectivity index (χ0) is 12.0. The van der Waals surface area contributed by atoms with E-state index in [-0.39, 0.29) is 6.10 Å². The van der Waals surface area contributed by atoms with Gasteiger partial charge >= 0.3 is 0 Å². The largest absolute Gasteiger partial charge is 0.490 e. The van der Waals surface area contributed by atoms with Crippen molar-refractivity contribution in [3.63, 3.8) is 0 Å². The molecule has 1 aromatic carbocycles. The lowest BCUT2D eigenvalue weighted by Crippen LogP contribution is -2.11. The van der Waals surface area contributed by atoms with Crippen molar-refractivity contribution in [2.24, 2.45) is 0 Å². The maximum Gasteiger partial charge on any atom is 0.138 e. The topological polar surface area (TPSA) is 42.2 Å². The summed E-state index contributed by atoms with van der Waals surface area (Å²) in [5.74, 6) is 0.502. The second-order valence-corrected chi connectivity index (χ2v) is 3.90. The molecule has 0 aliphatic rings. The predicted molar refractivity (Wildman–Crippen MR) is 62.8 cm³/mol. The lowest BCUT2D eigenvalue weighted by atomic mass is 10.2. The van der Waals surface area contributed by atoms with E-state index in [1.54, 1.807) is 18.2 Å². The Kier molecular flexibility index (Phi) is 5.10. The maximum atomic E-state index is 8.90. The third kappa shape index (κ3) is 3.73. The quantitative estimate of drug-likeness (QED) is 0.742. The van der Waals surface area contributed by atoms with Crippen molar-refractivity contribution in [2.45, 2.75) is 20.0 Å². The van der Waals surface area contributed by atoms with Gasteiger partial charge in [-0.25, -0.2) is 0 Å². The molecular formula is C12H14ClNO2. The highest BCUT2D eigenvalue weighted by Crippen LogP contribution is 2.25. The number of halogens is 1. The van der Waals surface area contributed by atoms with Gasteiger partial charge in [-0.1, -0.05) is 17.7 Å². The molecule has 0 fully saturated rings. The molecule has 0 saturated heterocycles. The van der Waals surface area contributed by atoms with Gasteiger partial charge in [0.25, 0.3) is 0 Å². The molecule has 0 spiro atoms. The van der Waals surface area contributed by atoms with Crippen LogP contribution in [0.25, 0.3) is 0 Å². The fourth-order valence-electron chi connectivity index (χ4n) is 1.17. The average Bonchev–Trinajstić information content (AvgIpc) is 2.24. The van der Waals surface area contributed by atoms with Crippen LogP contribution < -0.4 is 4.74 Å². The third-order valence-corrected chi connectivity index (χ3v) is 2.19. The van der Waals surface area contributed by atoms with E-state index in [4.69, 9.17) is 26.3 Å². The molecule has 1 rings (SSSR count). The molecule has 0 bridgehead atoms. The normalized spacial score (nSPS) is 10.2. The minimum atomic E-state index is 0.179. The number of ether oxygens (including phenoxy) is 2. The first-order chi connectivity index (χ1) is 7.65. The first-order valence-corrected chi connectivity index (χ1v) is 5.46. The van der Waals surface area contributed by atoms with Crippen LogP contribution in [-0.2, 0) is 4.74 Å². The maximum absolute atomic E-state index is 8.90. The Morgan fingerprint density at radius 2 is 2.12 bits per heavy atom. The molecule has 1 aromatic rings. The Hall–Kier alpha value is -1.24. The number of hydrogen-bond acceptors (Lipinski definition) is 3. The van der Waals surface area contributed by atoms with Gasteiger partial charge in [0.2, 0.25) is 0 Å². The summed E-state index contributed by atoms with van der Waals surface area (Å²) in [4.78, 5) is 0. The van der Waals surface area contributed by atoms with E-state index >= 15 is 0 Å². The summed E-state index contributed by atoms with van der Waals surface area (Å²) in [5.41, 5.74) is 0.369. The number of nitrogens with zero attached hydrogens (tertiary/aromatic N) is 1. The summed E-state index contributed by atoms with van der Waals surface area (Å²) in [6.45, 7) is 4.82. The van der Waals surface area contributed by atoms with Crippen LogP contribution in [-0.4, -0.2) is 19.3 Å². The van der Waals surface area contributed by atoms with Gasteiger partial charge in [-0.3, -0.25) is 0 Å². The molecule has 0 N–H and O–H groups in total. The molecule has 3 nitrogen and oxygen atoms in total. The SMILES string of the molecule is CC(C)OCCOc1cccc(Cl)c1C#N. The summed E-state index contributed by atoms with van der Waals surface area (Å²) in [7, 11) is 0. The molecule has 16 heavy (non-hydrogen) atoms. The van der Waals surface area contributed by atoms with E-state index in [0.717, 1.165) is 0 Å². The van der Waals surface area contributed by atoms with Gasteiger partial charge in [-0.05, 0) is 26.0 Å². The van der Waals surface area contributed by atoms with Crippen molar-refractivity contribution < 1.29 is 9.47 Å². The Morgan fingerprint density at radius 3 is 2.75 bits per heavy atom. The Balaban J connectivity index is 2.54. The Labute approximate surface area is 101 Å². The standard InChI is InChI=1S/C12H14ClNO2/c1-9(2)15-6-7-16-12-5-3-4-11(13)10(12)8-14/h3-5,9H,6-7H2,1-2H3. The van der Waals surface area contributed by atoms with E-state index in [9.17, 15) is 0 Å². The first-order valence-electron chi connectivity index (χ1n) is 5.08. The lowest BCUT2D eigenvalue weighted by molar-refractivity contribution is 0.0552. The lowest BCUT2D eigenvalue weighted by Gasteiger charge is -2.10. The Bertz CT molecular complexity index is 385. The third-order valence-electron chi connectivity index (χ3n) is 1.88. The number of nitriles is 1. The number of rotatable bonds is 5. The molecule has 4 heteroatoms. The van der Waals surface area contributed by atoms with Crippen molar-refractivity contribution in [2.75, 3.05) is 13.2 Å². The van der Waals surface area contributed by atoms with Crippen molar-refractivity contribution in [3.05, 3.63) is 28.8 Å². The zero-order valence-corrected chi connectivity index (χ0v) is 10.1. The highest BCUT2D eigenvalue weighted by molar-refractivity contribution is 6.31. The molecule has 0 saturated carbocycles. The molecule has 0 aliphatic carbocycles. The van der Waals surface area contributed by atoms with Crippen LogP contribution in [0, 0.1) is 11.3 Å². The van der Waals surface area contributed by atoms with Gasteiger partial charge < -0.3 is 9.47 Å². The fraction of sp³-hybridized carbons (Fsp3) is 0.417. The summed E-state index contributed by atoms with van der Waals surface area (Å²) >= 11 is 5.86. The molecule has 0 heterocycles. The zero-order valence-electron chi connectivity index (χ0n) is 9.37. The molecule has 0 radical (unpaired) electrons. The summed E-state index contributed by atoms with van der Waals surface area (Å²) in [6.07, 6.45) is 0.179. The van der Waals surface area contributed by atoms with Gasteiger partial charge in [0.1, 0.15) is 24.0 Å². The van der Waals surface area contributed by atoms with Crippen LogP contribution in [0.5, 0.6) is 5.75 Å². The number of hydrogen-bond donors (Lipinski definition) is 0. The van der Waals surface area contributed by atoms with Crippen molar-refractivity contribution >= 4 is 11.6 Å². The predicted octanol–water partition coefficient (Wildman–Crippen LogP) is 3.02. The van der Waals surface area contributed by atoms with Crippen molar-refractivity contribution in [1.82, 2.24) is 0 Å². The molecule has 0 amide bonds. The molecule has 0 unspecified atom stereocenters. The van der Waals surface area contributed by atoms with E-state index in [1.165, 1.54) is 0 Å². The highest BCUT2D eigenvalue weighted by atomic mass is 35.5. The summed E-state index contributed by atoms with van der Waals surface area (Å²) in [5, 5.41) is 9.31. The van der Waals surface area contributed by atoms with E-state index in [0.29, 0.717) is 29.5 Å². The smallest absolute Gasteiger partial charge is 0.138 e. The van der Waals surface area contributed by atoms with Crippen molar-refractivity contribution in [3.8, 4) is 11.8 Å². The van der Waals surface area contributed by atoms with E-state index in [1.807, 2.05) is 19.9 Å². The van der Waals surface area contributed by atoms with Gasteiger partial charge in [0.05, 0.1) is 17.7 Å². The summed E-state index contributed by atoms with van der Waals surface area (Å²) in [6, 6.07) is 7.15. The molecule has 86 valence electrons. The fourth-order valence-corrected chi connectivity index (χ4v) is 1.38. The van der Waals surface area contributed by atoms with Gasteiger partial charge in [0, 0.05) is 0 Å². The monoisotopic (exact) mass is 239 g/mol. The van der Waals surface area contributed by atoms with Crippen LogP contribution in [0.2, 0.25) is 5.02 Å². The molecule has 0 aromatic heterocycles. The molecular weight excluding hydrogens is 226 g/mol. The van der Waals surface area contributed by atoms with Gasteiger partial charge in [-0.2, -0.15) is 5.26 Å².